The summed E-state index contributed by atoms with van der Waals surface area (Å²) in [7, 11) is 0. The van der Waals surface area contributed by atoms with E-state index in [4.69, 9.17) is 4.74 Å². The van der Waals surface area contributed by atoms with E-state index in [1.165, 1.54) is 6.92 Å². The van der Waals surface area contributed by atoms with Crippen LogP contribution in [-0.2, 0) is 23.9 Å². The lowest BCUT2D eigenvalue weighted by molar-refractivity contribution is -0.153. The normalized spacial score (nSPS) is 10.6. The number of unbranched alkanes of at least 4 members (excludes halogenated alkanes) is 1. The Morgan fingerprint density at radius 2 is 1.88 bits per heavy atom. The molecule has 0 aromatic heterocycles. The largest absolute Gasteiger partial charge is 0.462 e. The smallest absolute Gasteiger partial charge is 0.339 e. The second kappa shape index (κ2) is 8.27. The zero-order valence-corrected chi connectivity index (χ0v) is 10.0. The second-order valence-corrected chi connectivity index (χ2v) is 3.26. The van der Waals surface area contributed by atoms with Crippen molar-refractivity contribution in [3.8, 4) is 0 Å². The zero-order chi connectivity index (χ0) is 13.3. The number of hydrogen-bond acceptors (Lipinski definition) is 5. The summed E-state index contributed by atoms with van der Waals surface area (Å²) in [5, 5.41) is 0. The Kier molecular flexibility index (Phi) is 7.34. The first-order chi connectivity index (χ1) is 8.01. The average molecular weight is 240 g/mol. The van der Waals surface area contributed by atoms with Crippen molar-refractivity contribution in [2.45, 2.75) is 26.7 Å². The summed E-state index contributed by atoms with van der Waals surface area (Å²) in [6, 6.07) is 0. The number of carbonyl (C=O) groups is 3. The molecule has 0 bridgehead atoms. The highest BCUT2D eigenvalue weighted by atomic mass is 16.6. The van der Waals surface area contributed by atoms with E-state index < -0.39 is 17.9 Å². The van der Waals surface area contributed by atoms with Gasteiger partial charge in [0.05, 0.1) is 6.61 Å². The summed E-state index contributed by atoms with van der Waals surface area (Å²) in [5.74, 6) is -2.38. The zero-order valence-electron chi connectivity index (χ0n) is 10.0. The maximum absolute atomic E-state index is 11.3. The lowest BCUT2D eigenvalue weighted by atomic mass is 10.3. The molecule has 5 heteroatoms. The Morgan fingerprint density at radius 3 is 2.41 bits per heavy atom. The summed E-state index contributed by atoms with van der Waals surface area (Å²) in [4.78, 5) is 33.1. The Balaban J connectivity index is 4.22. The highest BCUT2D eigenvalue weighted by Crippen LogP contribution is 1.99. The summed E-state index contributed by atoms with van der Waals surface area (Å²) in [6.45, 7) is 6.82. The van der Waals surface area contributed by atoms with Gasteiger partial charge < -0.3 is 9.47 Å². The van der Waals surface area contributed by atoms with Crippen molar-refractivity contribution in [1.29, 1.82) is 0 Å². The molecule has 0 saturated carbocycles. The fourth-order valence-corrected chi connectivity index (χ4v) is 0.829. The molecule has 94 valence electrons. The average Bonchev–Trinajstić information content (AvgIpc) is 2.28. The van der Waals surface area contributed by atoms with Gasteiger partial charge in [-0.3, -0.25) is 0 Å². The molecule has 0 saturated heterocycles. The van der Waals surface area contributed by atoms with Gasteiger partial charge in [0, 0.05) is 17.7 Å². The van der Waals surface area contributed by atoms with Gasteiger partial charge in [0.1, 0.15) is 0 Å². The molecular weight excluding hydrogens is 224 g/mol. The molecular formula is C12H16O5. The molecule has 0 aromatic carbocycles. The third kappa shape index (κ3) is 7.05. The van der Waals surface area contributed by atoms with Crippen LogP contribution in [0.25, 0.3) is 0 Å². The quantitative estimate of drug-likeness (QED) is 0.305. The molecule has 0 heterocycles. The number of rotatable bonds is 6. The number of carbonyl (C=O) groups excluding carboxylic acids is 3. The maximum Gasteiger partial charge on any atom is 0.339 e. The summed E-state index contributed by atoms with van der Waals surface area (Å²) in [5.41, 5.74) is 0.0861. The first-order valence-electron chi connectivity index (χ1n) is 5.24. The van der Waals surface area contributed by atoms with Gasteiger partial charge in [0.25, 0.3) is 0 Å². The van der Waals surface area contributed by atoms with E-state index in [9.17, 15) is 14.4 Å². The molecule has 5 nitrogen and oxygen atoms in total. The lowest BCUT2D eigenvalue weighted by Gasteiger charge is -2.03. The SMILES string of the molecule is C=CC(=O)OC(=O)/C=C(/C)C(=O)OCCCC. The van der Waals surface area contributed by atoms with E-state index >= 15 is 0 Å². The van der Waals surface area contributed by atoms with Crippen molar-refractivity contribution in [3.63, 3.8) is 0 Å². The monoisotopic (exact) mass is 240 g/mol. The fourth-order valence-electron chi connectivity index (χ4n) is 0.829. The fraction of sp³-hybridized carbons (Fsp3) is 0.417. The summed E-state index contributed by atoms with van der Waals surface area (Å²) >= 11 is 0. The number of ether oxygens (including phenoxy) is 2. The molecule has 17 heavy (non-hydrogen) atoms. The Bertz CT molecular complexity index is 341. The minimum Gasteiger partial charge on any atom is -0.462 e. The van der Waals surface area contributed by atoms with Crippen LogP contribution in [0.5, 0.6) is 0 Å². The minimum absolute atomic E-state index is 0.0861. The molecule has 0 unspecified atom stereocenters. The van der Waals surface area contributed by atoms with E-state index in [0.29, 0.717) is 6.61 Å². The summed E-state index contributed by atoms with van der Waals surface area (Å²) in [6.07, 6.45) is 3.45. The van der Waals surface area contributed by atoms with Crippen molar-refractivity contribution in [2.24, 2.45) is 0 Å². The van der Waals surface area contributed by atoms with Crippen molar-refractivity contribution in [2.75, 3.05) is 6.61 Å². The predicted molar refractivity (Wildman–Crippen MR) is 60.9 cm³/mol. The third-order valence-electron chi connectivity index (χ3n) is 1.76. The van der Waals surface area contributed by atoms with E-state index in [-0.39, 0.29) is 5.57 Å². The number of esters is 3. The Labute approximate surface area is 100 Å². The first-order valence-corrected chi connectivity index (χ1v) is 5.24. The van der Waals surface area contributed by atoms with Gasteiger partial charge in [-0.2, -0.15) is 0 Å². The number of hydrogen-bond donors (Lipinski definition) is 0. The van der Waals surface area contributed by atoms with E-state index in [1.807, 2.05) is 6.92 Å². The molecule has 0 fully saturated rings. The highest BCUT2D eigenvalue weighted by molar-refractivity contribution is 6.00. The van der Waals surface area contributed by atoms with Gasteiger partial charge in [0.15, 0.2) is 0 Å². The molecule has 0 N–H and O–H groups in total. The van der Waals surface area contributed by atoms with Crippen LogP contribution < -0.4 is 0 Å². The molecule has 0 aliphatic heterocycles. The predicted octanol–water partition coefficient (Wildman–Crippen LogP) is 1.53. The van der Waals surface area contributed by atoms with E-state index in [2.05, 4.69) is 11.3 Å². The van der Waals surface area contributed by atoms with Crippen LogP contribution in [0.15, 0.2) is 24.3 Å². The third-order valence-corrected chi connectivity index (χ3v) is 1.76. The van der Waals surface area contributed by atoms with E-state index in [1.54, 1.807) is 0 Å². The van der Waals surface area contributed by atoms with E-state index in [0.717, 1.165) is 25.0 Å². The van der Waals surface area contributed by atoms with Crippen molar-refractivity contribution in [1.82, 2.24) is 0 Å². The molecule has 0 amide bonds. The lowest BCUT2D eigenvalue weighted by Crippen LogP contribution is -2.11. The molecule has 0 aliphatic carbocycles. The molecule has 0 aromatic rings. The van der Waals surface area contributed by atoms with Crippen molar-refractivity contribution < 1.29 is 23.9 Å². The Hall–Kier alpha value is -1.91. The van der Waals surface area contributed by atoms with Gasteiger partial charge in [-0.05, 0) is 13.3 Å². The molecule has 0 rings (SSSR count). The second-order valence-electron chi connectivity index (χ2n) is 3.26. The van der Waals surface area contributed by atoms with Crippen LogP contribution in [-0.4, -0.2) is 24.5 Å². The van der Waals surface area contributed by atoms with Gasteiger partial charge >= 0.3 is 17.9 Å². The minimum atomic E-state index is -0.917. The summed E-state index contributed by atoms with van der Waals surface area (Å²) < 4.78 is 9.12. The van der Waals surface area contributed by atoms with Gasteiger partial charge in [-0.1, -0.05) is 19.9 Å². The molecule has 0 aliphatic rings. The standard InChI is InChI=1S/C12H16O5/c1-4-6-7-16-12(15)9(3)8-11(14)17-10(13)5-2/h5,8H,2,4,6-7H2,1,3H3/b9-8-. The molecule has 0 atom stereocenters. The van der Waals surface area contributed by atoms with Gasteiger partial charge in [0.2, 0.25) is 0 Å². The van der Waals surface area contributed by atoms with Crippen molar-refractivity contribution in [3.05, 3.63) is 24.3 Å². The molecule has 0 radical (unpaired) electrons. The highest BCUT2D eigenvalue weighted by Gasteiger charge is 2.10. The maximum atomic E-state index is 11.3. The van der Waals surface area contributed by atoms with Crippen molar-refractivity contribution >= 4 is 17.9 Å². The van der Waals surface area contributed by atoms with Crippen LogP contribution in [0, 0.1) is 0 Å². The molecule has 0 spiro atoms. The first kappa shape index (κ1) is 15.1. The van der Waals surface area contributed by atoms with Crippen LogP contribution in [0.1, 0.15) is 26.7 Å². The van der Waals surface area contributed by atoms with Crippen LogP contribution in [0.4, 0.5) is 0 Å². The van der Waals surface area contributed by atoms with Crippen LogP contribution in [0.2, 0.25) is 0 Å². The van der Waals surface area contributed by atoms with Gasteiger partial charge in [-0.15, -0.1) is 0 Å². The Morgan fingerprint density at radius 1 is 1.24 bits per heavy atom. The topological polar surface area (TPSA) is 69.7 Å². The van der Waals surface area contributed by atoms with Crippen LogP contribution >= 0.6 is 0 Å². The van der Waals surface area contributed by atoms with Gasteiger partial charge in [-0.25, -0.2) is 14.4 Å². The van der Waals surface area contributed by atoms with Crippen LogP contribution in [0.3, 0.4) is 0 Å².